The average molecular weight is 421 g/mol. The maximum atomic E-state index is 13.5. The number of fused-ring (bicyclic) bond motifs is 2. The van der Waals surface area contributed by atoms with Gasteiger partial charge in [-0.3, -0.25) is 9.59 Å². The minimum Gasteiger partial charge on any atom is -0.454 e. The van der Waals surface area contributed by atoms with Gasteiger partial charge >= 0.3 is 0 Å². The Morgan fingerprint density at radius 1 is 1.03 bits per heavy atom. The standard InChI is InChI=1S/C25H28N2O4/c1-26(15-17-11-12-22-23(13-17)31-16-30-22)25(29)21-14-19-9-5-6-10-20(19)27(21)24(28)18-7-3-2-4-8-18/h2-4,7-8,11-13,19-21H,5-6,9-10,14-16H2,1H3. The highest BCUT2D eigenvalue weighted by Crippen LogP contribution is 2.41. The van der Waals surface area contributed by atoms with E-state index in [-0.39, 0.29) is 24.6 Å². The zero-order valence-electron chi connectivity index (χ0n) is 17.8. The maximum absolute atomic E-state index is 13.5. The molecule has 2 aliphatic heterocycles. The number of nitrogens with zero attached hydrogens (tertiary/aromatic N) is 2. The van der Waals surface area contributed by atoms with Gasteiger partial charge in [0.25, 0.3) is 5.91 Å². The molecule has 0 aromatic heterocycles. The maximum Gasteiger partial charge on any atom is 0.254 e. The monoisotopic (exact) mass is 420 g/mol. The second-order valence-corrected chi connectivity index (χ2v) is 8.82. The van der Waals surface area contributed by atoms with Crippen molar-refractivity contribution in [3.05, 3.63) is 59.7 Å². The van der Waals surface area contributed by atoms with Crippen molar-refractivity contribution >= 4 is 11.8 Å². The van der Waals surface area contributed by atoms with Crippen molar-refractivity contribution in [2.75, 3.05) is 13.8 Å². The Hall–Kier alpha value is -3.02. The van der Waals surface area contributed by atoms with E-state index in [2.05, 4.69) is 0 Å². The third-order valence-corrected chi connectivity index (χ3v) is 6.86. The predicted molar refractivity (Wildman–Crippen MR) is 116 cm³/mol. The second-order valence-electron chi connectivity index (χ2n) is 8.82. The molecule has 2 amide bonds. The Labute approximate surface area is 182 Å². The van der Waals surface area contributed by atoms with E-state index in [4.69, 9.17) is 9.47 Å². The molecule has 0 radical (unpaired) electrons. The highest BCUT2D eigenvalue weighted by atomic mass is 16.7. The molecule has 6 nitrogen and oxygen atoms in total. The van der Waals surface area contributed by atoms with Crippen LogP contribution < -0.4 is 9.47 Å². The molecular formula is C25H28N2O4. The van der Waals surface area contributed by atoms with E-state index in [1.165, 1.54) is 6.42 Å². The number of hydrogen-bond acceptors (Lipinski definition) is 4. The van der Waals surface area contributed by atoms with E-state index in [9.17, 15) is 9.59 Å². The van der Waals surface area contributed by atoms with Crippen LogP contribution >= 0.6 is 0 Å². The molecule has 3 atom stereocenters. The fourth-order valence-corrected chi connectivity index (χ4v) is 5.35. The number of carbonyl (C=O) groups is 2. The summed E-state index contributed by atoms with van der Waals surface area (Å²) in [7, 11) is 1.82. The Morgan fingerprint density at radius 3 is 2.65 bits per heavy atom. The van der Waals surface area contributed by atoms with Crippen LogP contribution in [0.2, 0.25) is 0 Å². The highest BCUT2D eigenvalue weighted by Gasteiger charge is 2.48. The van der Waals surface area contributed by atoms with Gasteiger partial charge in [0.15, 0.2) is 11.5 Å². The fraction of sp³-hybridized carbons (Fsp3) is 0.440. The number of carbonyl (C=O) groups excluding carboxylic acids is 2. The van der Waals surface area contributed by atoms with E-state index < -0.39 is 6.04 Å². The molecular weight excluding hydrogens is 392 g/mol. The quantitative estimate of drug-likeness (QED) is 0.754. The summed E-state index contributed by atoms with van der Waals surface area (Å²) >= 11 is 0. The zero-order chi connectivity index (χ0) is 21.4. The van der Waals surface area contributed by atoms with Gasteiger partial charge in [-0.25, -0.2) is 0 Å². The molecule has 1 saturated heterocycles. The van der Waals surface area contributed by atoms with Crippen molar-refractivity contribution in [1.82, 2.24) is 9.80 Å². The molecule has 3 unspecified atom stereocenters. The Morgan fingerprint density at radius 2 is 1.81 bits per heavy atom. The minimum absolute atomic E-state index is 0.0105. The SMILES string of the molecule is CN(Cc1ccc2c(c1)OCO2)C(=O)C1CC2CCCCC2N1C(=O)c1ccccc1. The molecule has 162 valence electrons. The van der Waals surface area contributed by atoms with Crippen LogP contribution in [-0.2, 0) is 11.3 Å². The van der Waals surface area contributed by atoms with Gasteiger partial charge in [0, 0.05) is 25.2 Å². The van der Waals surface area contributed by atoms with Gasteiger partial charge < -0.3 is 19.3 Å². The summed E-state index contributed by atoms with van der Waals surface area (Å²) in [6.07, 6.45) is 5.14. The fourth-order valence-electron chi connectivity index (χ4n) is 5.35. The van der Waals surface area contributed by atoms with Crippen LogP contribution in [0.15, 0.2) is 48.5 Å². The van der Waals surface area contributed by atoms with Crippen molar-refractivity contribution in [3.8, 4) is 11.5 Å². The van der Waals surface area contributed by atoms with E-state index >= 15 is 0 Å². The van der Waals surface area contributed by atoms with Crippen molar-refractivity contribution in [1.29, 1.82) is 0 Å². The zero-order valence-corrected chi connectivity index (χ0v) is 17.8. The summed E-state index contributed by atoms with van der Waals surface area (Å²) in [5.74, 6) is 1.85. The van der Waals surface area contributed by atoms with Crippen molar-refractivity contribution in [3.63, 3.8) is 0 Å². The van der Waals surface area contributed by atoms with Crippen molar-refractivity contribution in [2.45, 2.75) is 50.7 Å². The lowest BCUT2D eigenvalue weighted by atomic mass is 9.84. The highest BCUT2D eigenvalue weighted by molar-refractivity contribution is 5.98. The van der Waals surface area contributed by atoms with Crippen molar-refractivity contribution < 1.29 is 19.1 Å². The molecule has 2 fully saturated rings. The van der Waals surface area contributed by atoms with Crippen molar-refractivity contribution in [2.24, 2.45) is 5.92 Å². The Balaban J connectivity index is 1.37. The lowest BCUT2D eigenvalue weighted by molar-refractivity contribution is -0.134. The van der Waals surface area contributed by atoms with Gasteiger partial charge in [-0.2, -0.15) is 0 Å². The molecule has 3 aliphatic rings. The largest absolute Gasteiger partial charge is 0.454 e. The summed E-state index contributed by atoms with van der Waals surface area (Å²) in [5.41, 5.74) is 1.64. The third-order valence-electron chi connectivity index (χ3n) is 6.86. The Kier molecular flexibility index (Phi) is 5.30. The van der Waals surface area contributed by atoms with Crippen LogP contribution in [0.3, 0.4) is 0 Å². The van der Waals surface area contributed by atoms with Gasteiger partial charge in [0.1, 0.15) is 6.04 Å². The van der Waals surface area contributed by atoms with Gasteiger partial charge in [-0.1, -0.05) is 37.1 Å². The smallest absolute Gasteiger partial charge is 0.254 e. The van der Waals surface area contributed by atoms with Crippen LogP contribution in [0.4, 0.5) is 0 Å². The number of rotatable bonds is 4. The topological polar surface area (TPSA) is 59.1 Å². The van der Waals surface area contributed by atoms with Gasteiger partial charge in [-0.15, -0.1) is 0 Å². The van der Waals surface area contributed by atoms with Crippen LogP contribution in [0, 0.1) is 5.92 Å². The molecule has 2 aromatic carbocycles. The third kappa shape index (κ3) is 3.75. The first-order valence-electron chi connectivity index (χ1n) is 11.1. The number of ether oxygens (including phenoxy) is 2. The molecule has 1 aliphatic carbocycles. The normalized spacial score (nSPS) is 24.0. The molecule has 0 bridgehead atoms. The lowest BCUT2D eigenvalue weighted by Crippen LogP contribution is -2.49. The summed E-state index contributed by atoms with van der Waals surface area (Å²) in [5, 5.41) is 0. The first-order valence-corrected chi connectivity index (χ1v) is 11.1. The van der Waals surface area contributed by atoms with Gasteiger partial charge in [-0.05, 0) is 55.0 Å². The van der Waals surface area contributed by atoms with E-state index in [1.54, 1.807) is 4.90 Å². The van der Waals surface area contributed by atoms with Crippen LogP contribution in [0.5, 0.6) is 11.5 Å². The first-order chi connectivity index (χ1) is 15.1. The van der Waals surface area contributed by atoms with E-state index in [0.717, 1.165) is 37.0 Å². The summed E-state index contributed by atoms with van der Waals surface area (Å²) in [6.45, 7) is 0.698. The predicted octanol–water partition coefficient (Wildman–Crippen LogP) is 3.85. The number of amides is 2. The average Bonchev–Trinajstić information content (AvgIpc) is 3.42. The Bertz CT molecular complexity index is 977. The van der Waals surface area contributed by atoms with E-state index in [0.29, 0.717) is 23.8 Å². The molecule has 0 spiro atoms. The molecule has 1 saturated carbocycles. The van der Waals surface area contributed by atoms with Crippen LogP contribution in [-0.4, -0.2) is 47.5 Å². The molecule has 2 heterocycles. The summed E-state index contributed by atoms with van der Waals surface area (Å²) in [6, 6.07) is 14.9. The van der Waals surface area contributed by atoms with Crippen LogP contribution in [0.1, 0.15) is 48.0 Å². The van der Waals surface area contributed by atoms with Gasteiger partial charge in [0.05, 0.1) is 0 Å². The number of likely N-dealkylation sites (N-methyl/N-ethyl adjacent to an activating group) is 1. The van der Waals surface area contributed by atoms with Crippen LogP contribution in [0.25, 0.3) is 0 Å². The first kappa shape index (κ1) is 19.9. The minimum atomic E-state index is -0.403. The van der Waals surface area contributed by atoms with E-state index in [1.807, 2.05) is 60.5 Å². The van der Waals surface area contributed by atoms with Gasteiger partial charge in [0.2, 0.25) is 12.7 Å². The number of benzene rings is 2. The molecule has 6 heteroatoms. The molecule has 5 rings (SSSR count). The number of hydrogen-bond donors (Lipinski definition) is 0. The summed E-state index contributed by atoms with van der Waals surface area (Å²) < 4.78 is 10.8. The molecule has 0 N–H and O–H groups in total. The second kappa shape index (κ2) is 8.25. The lowest BCUT2D eigenvalue weighted by Gasteiger charge is -2.34. The summed E-state index contributed by atoms with van der Waals surface area (Å²) in [4.78, 5) is 30.6. The number of likely N-dealkylation sites (tertiary alicyclic amines) is 1. The molecule has 2 aromatic rings. The molecule has 31 heavy (non-hydrogen) atoms.